The van der Waals surface area contributed by atoms with Crippen molar-refractivity contribution in [2.24, 2.45) is 5.73 Å². The lowest BCUT2D eigenvalue weighted by Crippen LogP contribution is -2.26. The molecule has 0 unspecified atom stereocenters. The minimum absolute atomic E-state index is 0.829. The standard InChI is InChI=1S/C16H34N2/c1-4-13-18(14-5-2)15-9-11-16(3)10-7-6-8-12-17/h3-15,17H2,1-2H3. The predicted molar refractivity (Wildman–Crippen MR) is 82.9 cm³/mol. The summed E-state index contributed by atoms with van der Waals surface area (Å²) in [5.74, 6) is 0. The molecule has 18 heavy (non-hydrogen) atoms. The summed E-state index contributed by atoms with van der Waals surface area (Å²) in [4.78, 5) is 2.59. The first kappa shape index (κ1) is 17.7. The van der Waals surface area contributed by atoms with Gasteiger partial charge in [-0.15, -0.1) is 0 Å². The molecular weight excluding hydrogens is 220 g/mol. The molecule has 0 aliphatic carbocycles. The van der Waals surface area contributed by atoms with Gasteiger partial charge in [-0.2, -0.15) is 0 Å². The Morgan fingerprint density at radius 1 is 0.889 bits per heavy atom. The molecule has 0 amide bonds. The van der Waals surface area contributed by atoms with Crippen LogP contribution in [0.3, 0.4) is 0 Å². The van der Waals surface area contributed by atoms with E-state index in [1.54, 1.807) is 0 Å². The van der Waals surface area contributed by atoms with Crippen molar-refractivity contribution in [3.05, 3.63) is 12.2 Å². The molecule has 2 heteroatoms. The zero-order valence-electron chi connectivity index (χ0n) is 12.7. The van der Waals surface area contributed by atoms with Gasteiger partial charge in [0.25, 0.3) is 0 Å². The molecule has 0 saturated heterocycles. The highest BCUT2D eigenvalue weighted by Gasteiger charge is 2.02. The van der Waals surface area contributed by atoms with Crippen LogP contribution in [0.25, 0.3) is 0 Å². The second kappa shape index (κ2) is 13.1. The van der Waals surface area contributed by atoms with Crippen LogP contribution in [0.15, 0.2) is 12.2 Å². The number of hydrogen-bond acceptors (Lipinski definition) is 2. The lowest BCUT2D eigenvalue weighted by Gasteiger charge is -2.20. The predicted octanol–water partition coefficient (Wildman–Crippen LogP) is 3.96. The van der Waals surface area contributed by atoms with Crippen LogP contribution in [0.2, 0.25) is 0 Å². The molecule has 2 N–H and O–H groups in total. The molecule has 0 radical (unpaired) electrons. The maximum Gasteiger partial charge on any atom is -0.00157 e. The van der Waals surface area contributed by atoms with Crippen LogP contribution in [0.4, 0.5) is 0 Å². The van der Waals surface area contributed by atoms with E-state index in [4.69, 9.17) is 5.73 Å². The zero-order chi connectivity index (χ0) is 13.6. The summed E-state index contributed by atoms with van der Waals surface area (Å²) in [6, 6.07) is 0. The molecule has 0 spiro atoms. The van der Waals surface area contributed by atoms with E-state index >= 15 is 0 Å². The molecule has 0 bridgehead atoms. The van der Waals surface area contributed by atoms with Gasteiger partial charge in [-0.05, 0) is 71.1 Å². The Kier molecular flexibility index (Phi) is 12.9. The zero-order valence-corrected chi connectivity index (χ0v) is 12.7. The number of nitrogens with two attached hydrogens (primary N) is 1. The molecule has 0 aliphatic heterocycles. The van der Waals surface area contributed by atoms with Crippen LogP contribution < -0.4 is 5.73 Å². The van der Waals surface area contributed by atoms with E-state index in [1.807, 2.05) is 0 Å². The minimum atomic E-state index is 0.829. The fraction of sp³-hybridized carbons (Fsp3) is 0.875. The highest BCUT2D eigenvalue weighted by molar-refractivity contribution is 4.93. The van der Waals surface area contributed by atoms with E-state index < -0.39 is 0 Å². The van der Waals surface area contributed by atoms with E-state index in [-0.39, 0.29) is 0 Å². The van der Waals surface area contributed by atoms with Gasteiger partial charge in [-0.1, -0.05) is 32.4 Å². The lowest BCUT2D eigenvalue weighted by molar-refractivity contribution is 0.271. The van der Waals surface area contributed by atoms with Crippen molar-refractivity contribution < 1.29 is 0 Å². The van der Waals surface area contributed by atoms with Gasteiger partial charge in [-0.3, -0.25) is 0 Å². The van der Waals surface area contributed by atoms with Gasteiger partial charge in [0.1, 0.15) is 0 Å². The molecule has 0 aliphatic rings. The molecule has 0 fully saturated rings. The van der Waals surface area contributed by atoms with Crippen molar-refractivity contribution in [3.63, 3.8) is 0 Å². The molecule has 0 heterocycles. The van der Waals surface area contributed by atoms with Crippen LogP contribution >= 0.6 is 0 Å². The summed E-state index contributed by atoms with van der Waals surface area (Å²) in [7, 11) is 0. The molecular formula is C16H34N2. The maximum atomic E-state index is 5.49. The van der Waals surface area contributed by atoms with Crippen molar-refractivity contribution in [2.75, 3.05) is 26.2 Å². The van der Waals surface area contributed by atoms with Crippen LogP contribution in [0, 0.1) is 0 Å². The first-order chi connectivity index (χ1) is 8.74. The topological polar surface area (TPSA) is 29.3 Å². The van der Waals surface area contributed by atoms with Gasteiger partial charge in [0, 0.05) is 0 Å². The lowest BCUT2D eigenvalue weighted by atomic mass is 10.0. The first-order valence-corrected chi connectivity index (χ1v) is 7.83. The van der Waals surface area contributed by atoms with Crippen LogP contribution in [0.5, 0.6) is 0 Å². The minimum Gasteiger partial charge on any atom is -0.330 e. The first-order valence-electron chi connectivity index (χ1n) is 7.83. The fourth-order valence-corrected chi connectivity index (χ4v) is 2.34. The van der Waals surface area contributed by atoms with Crippen molar-refractivity contribution in [3.8, 4) is 0 Å². The molecule has 0 aromatic heterocycles. The average Bonchev–Trinajstić information content (AvgIpc) is 2.35. The van der Waals surface area contributed by atoms with Crippen molar-refractivity contribution in [1.82, 2.24) is 4.90 Å². The fourth-order valence-electron chi connectivity index (χ4n) is 2.34. The van der Waals surface area contributed by atoms with Crippen molar-refractivity contribution >= 4 is 0 Å². The van der Waals surface area contributed by atoms with E-state index in [1.165, 1.54) is 70.2 Å². The molecule has 0 aromatic rings. The average molecular weight is 254 g/mol. The molecule has 0 atom stereocenters. The van der Waals surface area contributed by atoms with Crippen LogP contribution in [-0.4, -0.2) is 31.1 Å². The van der Waals surface area contributed by atoms with Crippen LogP contribution in [-0.2, 0) is 0 Å². The Labute approximate surface area is 115 Å². The summed E-state index contributed by atoms with van der Waals surface area (Å²) in [6.45, 7) is 13.3. The SMILES string of the molecule is C=C(CCCCCN)CCCN(CCC)CCC. The largest absolute Gasteiger partial charge is 0.330 e. The maximum absolute atomic E-state index is 5.49. The summed E-state index contributed by atoms with van der Waals surface area (Å²) in [5, 5.41) is 0. The number of rotatable bonds is 13. The van der Waals surface area contributed by atoms with Crippen molar-refractivity contribution in [1.29, 1.82) is 0 Å². The Balaban J connectivity index is 3.52. The van der Waals surface area contributed by atoms with Gasteiger partial charge < -0.3 is 10.6 Å². The number of nitrogens with zero attached hydrogens (tertiary/aromatic N) is 1. The third kappa shape index (κ3) is 10.8. The van der Waals surface area contributed by atoms with Gasteiger partial charge >= 0.3 is 0 Å². The molecule has 0 saturated carbocycles. The Morgan fingerprint density at radius 3 is 2.06 bits per heavy atom. The van der Waals surface area contributed by atoms with Crippen molar-refractivity contribution in [2.45, 2.75) is 65.2 Å². The number of allylic oxidation sites excluding steroid dienone is 1. The summed E-state index contributed by atoms with van der Waals surface area (Å²) in [6.07, 6.45) is 9.88. The third-order valence-corrected chi connectivity index (χ3v) is 3.32. The highest BCUT2D eigenvalue weighted by Crippen LogP contribution is 2.13. The normalized spacial score (nSPS) is 11.1. The Hall–Kier alpha value is -0.340. The van der Waals surface area contributed by atoms with Gasteiger partial charge in [0.2, 0.25) is 0 Å². The third-order valence-electron chi connectivity index (χ3n) is 3.32. The second-order valence-electron chi connectivity index (χ2n) is 5.29. The smallest absolute Gasteiger partial charge is 0.00157 e. The Bertz CT molecular complexity index is 184. The number of hydrogen-bond donors (Lipinski definition) is 1. The summed E-state index contributed by atoms with van der Waals surface area (Å²) < 4.78 is 0. The molecule has 0 rings (SSSR count). The van der Waals surface area contributed by atoms with E-state index in [0.29, 0.717) is 0 Å². The molecule has 2 nitrogen and oxygen atoms in total. The van der Waals surface area contributed by atoms with E-state index in [2.05, 4.69) is 25.3 Å². The second-order valence-corrected chi connectivity index (χ2v) is 5.29. The van der Waals surface area contributed by atoms with Crippen LogP contribution in [0.1, 0.15) is 65.2 Å². The highest BCUT2D eigenvalue weighted by atomic mass is 15.1. The van der Waals surface area contributed by atoms with Gasteiger partial charge in [0.15, 0.2) is 0 Å². The molecule has 0 aromatic carbocycles. The van der Waals surface area contributed by atoms with Gasteiger partial charge in [0.05, 0.1) is 0 Å². The monoisotopic (exact) mass is 254 g/mol. The summed E-state index contributed by atoms with van der Waals surface area (Å²) in [5.41, 5.74) is 6.92. The van der Waals surface area contributed by atoms with E-state index in [9.17, 15) is 0 Å². The number of unbranched alkanes of at least 4 members (excludes halogenated alkanes) is 2. The van der Waals surface area contributed by atoms with Gasteiger partial charge in [-0.25, -0.2) is 0 Å². The summed E-state index contributed by atoms with van der Waals surface area (Å²) >= 11 is 0. The molecule has 108 valence electrons. The quantitative estimate of drug-likeness (QED) is 0.398. The Morgan fingerprint density at radius 2 is 1.50 bits per heavy atom. The van der Waals surface area contributed by atoms with E-state index in [0.717, 1.165) is 13.0 Å².